The highest BCUT2D eigenvalue weighted by atomic mass is 32.2. The summed E-state index contributed by atoms with van der Waals surface area (Å²) in [6, 6.07) is 12.1. The third-order valence-corrected chi connectivity index (χ3v) is 6.36. The highest BCUT2D eigenvalue weighted by Crippen LogP contribution is 2.28. The Morgan fingerprint density at radius 1 is 1.13 bits per heavy atom. The second-order valence-electron chi connectivity index (χ2n) is 5.86. The van der Waals surface area contributed by atoms with E-state index in [1.165, 1.54) is 29.0 Å². The molecule has 23 heavy (non-hydrogen) atoms. The van der Waals surface area contributed by atoms with Crippen molar-refractivity contribution >= 4 is 28.1 Å². The maximum absolute atomic E-state index is 12.5. The Bertz CT molecular complexity index is 883. The topological polar surface area (TPSA) is 34.4 Å². The van der Waals surface area contributed by atoms with Crippen LogP contribution in [-0.4, -0.2) is 9.38 Å². The molecule has 0 aliphatic heterocycles. The van der Waals surface area contributed by atoms with Gasteiger partial charge in [0, 0.05) is 28.1 Å². The predicted molar refractivity (Wildman–Crippen MR) is 97.4 cm³/mol. The van der Waals surface area contributed by atoms with E-state index in [-0.39, 0.29) is 5.56 Å². The van der Waals surface area contributed by atoms with Crippen molar-refractivity contribution in [1.29, 1.82) is 0 Å². The van der Waals surface area contributed by atoms with Gasteiger partial charge in [-0.05, 0) is 31.2 Å². The van der Waals surface area contributed by atoms with Gasteiger partial charge in [-0.1, -0.05) is 30.3 Å². The average Bonchev–Trinajstić information content (AvgIpc) is 2.94. The zero-order valence-corrected chi connectivity index (χ0v) is 14.5. The van der Waals surface area contributed by atoms with E-state index in [4.69, 9.17) is 4.98 Å². The van der Waals surface area contributed by atoms with Gasteiger partial charge in [0.05, 0.1) is 5.69 Å². The van der Waals surface area contributed by atoms with E-state index in [0.717, 1.165) is 35.0 Å². The number of fused-ring (bicyclic) bond motifs is 3. The minimum Gasteiger partial charge on any atom is -0.269 e. The Hall–Kier alpha value is -1.59. The van der Waals surface area contributed by atoms with Crippen LogP contribution in [0.3, 0.4) is 0 Å². The molecule has 0 saturated heterocycles. The molecule has 0 bridgehead atoms. The molecule has 0 saturated carbocycles. The summed E-state index contributed by atoms with van der Waals surface area (Å²) >= 11 is 3.51. The Balaban J connectivity index is 1.55. The minimum absolute atomic E-state index is 0.0877. The predicted octanol–water partition coefficient (Wildman–Crippen LogP) is 4.07. The summed E-state index contributed by atoms with van der Waals surface area (Å²) in [6.07, 6.45) is 4.52. The van der Waals surface area contributed by atoms with Gasteiger partial charge in [0.15, 0.2) is 4.96 Å². The van der Waals surface area contributed by atoms with Crippen molar-refractivity contribution in [3.8, 4) is 0 Å². The van der Waals surface area contributed by atoms with Gasteiger partial charge in [-0.25, -0.2) is 4.98 Å². The lowest BCUT2D eigenvalue weighted by molar-refractivity contribution is 0.670. The van der Waals surface area contributed by atoms with E-state index in [0.29, 0.717) is 0 Å². The number of thioether (sulfide) groups is 1. The summed E-state index contributed by atoms with van der Waals surface area (Å²) in [7, 11) is 0. The second kappa shape index (κ2) is 6.49. The normalized spacial score (nSPS) is 14.1. The zero-order chi connectivity index (χ0) is 15.6. The van der Waals surface area contributed by atoms with Gasteiger partial charge in [-0.2, -0.15) is 11.8 Å². The van der Waals surface area contributed by atoms with E-state index in [1.54, 1.807) is 29.2 Å². The van der Waals surface area contributed by atoms with Crippen LogP contribution in [0.4, 0.5) is 0 Å². The van der Waals surface area contributed by atoms with E-state index in [1.807, 2.05) is 10.5 Å². The van der Waals surface area contributed by atoms with E-state index in [2.05, 4.69) is 24.3 Å². The molecule has 3 nitrogen and oxygen atoms in total. The van der Waals surface area contributed by atoms with Crippen molar-refractivity contribution in [2.45, 2.75) is 37.2 Å². The number of benzene rings is 1. The Morgan fingerprint density at radius 3 is 2.83 bits per heavy atom. The van der Waals surface area contributed by atoms with E-state index in [9.17, 15) is 4.79 Å². The molecule has 2 heterocycles. The number of nitrogens with zero attached hydrogens (tertiary/aromatic N) is 2. The van der Waals surface area contributed by atoms with Crippen molar-refractivity contribution in [1.82, 2.24) is 9.38 Å². The Kier molecular flexibility index (Phi) is 4.23. The number of hydrogen-bond acceptors (Lipinski definition) is 4. The molecule has 1 aliphatic rings. The highest BCUT2D eigenvalue weighted by Gasteiger charge is 2.18. The summed E-state index contributed by atoms with van der Waals surface area (Å²) in [5.74, 6) is 1.73. The fourth-order valence-corrected chi connectivity index (χ4v) is 5.18. The summed E-state index contributed by atoms with van der Waals surface area (Å²) in [5, 5.41) is 0. The summed E-state index contributed by atoms with van der Waals surface area (Å²) in [6.45, 7) is 0. The maximum Gasteiger partial charge on any atom is 0.259 e. The van der Waals surface area contributed by atoms with Crippen LogP contribution in [0.15, 0.2) is 41.2 Å². The number of thiazole rings is 1. The van der Waals surface area contributed by atoms with Gasteiger partial charge in [0.25, 0.3) is 5.56 Å². The van der Waals surface area contributed by atoms with E-state index < -0.39 is 0 Å². The number of aromatic nitrogens is 2. The summed E-state index contributed by atoms with van der Waals surface area (Å²) < 4.78 is 1.84. The molecule has 0 atom stereocenters. The van der Waals surface area contributed by atoms with Gasteiger partial charge in [-0.15, -0.1) is 11.3 Å². The number of hydrogen-bond donors (Lipinski definition) is 0. The SMILES string of the molecule is O=c1cc(CSCc2ccccc2)nc2sc3c(n12)CCCC3. The van der Waals surface area contributed by atoms with Crippen molar-refractivity contribution in [2.75, 3.05) is 0 Å². The monoisotopic (exact) mass is 342 g/mol. The molecule has 0 unspecified atom stereocenters. The summed E-state index contributed by atoms with van der Waals surface area (Å²) in [4.78, 5) is 19.5. The highest BCUT2D eigenvalue weighted by molar-refractivity contribution is 7.97. The van der Waals surface area contributed by atoms with Crippen LogP contribution in [-0.2, 0) is 24.3 Å². The molecular weight excluding hydrogens is 324 g/mol. The molecule has 5 heteroatoms. The fraction of sp³-hybridized carbons (Fsp3) is 0.333. The zero-order valence-electron chi connectivity index (χ0n) is 12.8. The van der Waals surface area contributed by atoms with Crippen LogP contribution in [0.5, 0.6) is 0 Å². The molecular formula is C18H18N2OS2. The smallest absolute Gasteiger partial charge is 0.259 e. The standard InChI is InChI=1S/C18H18N2OS2/c21-17-10-14(12-22-11-13-6-2-1-3-7-13)19-18-20(17)15-8-4-5-9-16(15)23-18/h1-3,6-7,10H,4-5,8-9,11-12H2. The van der Waals surface area contributed by atoms with Crippen LogP contribution >= 0.6 is 23.1 Å². The molecule has 4 rings (SSSR count). The third-order valence-electron chi connectivity index (χ3n) is 4.18. The molecule has 3 aromatic rings. The quantitative estimate of drug-likeness (QED) is 0.717. The van der Waals surface area contributed by atoms with Crippen molar-refractivity contribution in [2.24, 2.45) is 0 Å². The van der Waals surface area contributed by atoms with Crippen LogP contribution in [0, 0.1) is 0 Å². The first kappa shape index (κ1) is 15.0. The van der Waals surface area contributed by atoms with Crippen LogP contribution in [0.1, 0.15) is 34.7 Å². The fourth-order valence-electron chi connectivity index (χ4n) is 3.06. The first-order valence-corrected chi connectivity index (χ1v) is 9.93. The van der Waals surface area contributed by atoms with Crippen molar-refractivity contribution in [3.63, 3.8) is 0 Å². The number of rotatable bonds is 4. The largest absolute Gasteiger partial charge is 0.269 e. The van der Waals surface area contributed by atoms with Crippen molar-refractivity contribution in [3.05, 3.63) is 68.6 Å². The molecule has 0 spiro atoms. The molecule has 0 N–H and O–H groups in total. The number of aryl methyl sites for hydroxylation is 2. The minimum atomic E-state index is 0.0877. The lowest BCUT2D eigenvalue weighted by atomic mass is 10.0. The lowest BCUT2D eigenvalue weighted by Crippen LogP contribution is -2.17. The van der Waals surface area contributed by atoms with Crippen molar-refractivity contribution < 1.29 is 0 Å². The molecule has 1 aliphatic carbocycles. The molecule has 0 radical (unpaired) electrons. The molecule has 118 valence electrons. The average molecular weight is 342 g/mol. The van der Waals surface area contributed by atoms with Gasteiger partial charge in [0.1, 0.15) is 0 Å². The van der Waals surface area contributed by atoms with Crippen LogP contribution < -0.4 is 5.56 Å². The first-order valence-electron chi connectivity index (χ1n) is 7.96. The van der Waals surface area contributed by atoms with Crippen LogP contribution in [0.25, 0.3) is 4.96 Å². The summed E-state index contributed by atoms with van der Waals surface area (Å²) in [5.41, 5.74) is 3.50. The first-order chi connectivity index (χ1) is 11.3. The third kappa shape index (κ3) is 3.08. The maximum atomic E-state index is 12.5. The van der Waals surface area contributed by atoms with Gasteiger partial charge in [0.2, 0.25) is 0 Å². The molecule has 0 fully saturated rings. The lowest BCUT2D eigenvalue weighted by Gasteiger charge is -2.10. The molecule has 2 aromatic heterocycles. The van der Waals surface area contributed by atoms with Gasteiger partial charge < -0.3 is 0 Å². The second-order valence-corrected chi connectivity index (χ2v) is 7.91. The molecule has 0 amide bonds. The van der Waals surface area contributed by atoms with Crippen LogP contribution in [0.2, 0.25) is 0 Å². The Morgan fingerprint density at radius 2 is 1.96 bits per heavy atom. The molecule has 1 aromatic carbocycles. The Labute approximate surface area is 143 Å². The van der Waals surface area contributed by atoms with E-state index >= 15 is 0 Å². The van der Waals surface area contributed by atoms with Gasteiger partial charge >= 0.3 is 0 Å². The van der Waals surface area contributed by atoms with Gasteiger partial charge in [-0.3, -0.25) is 9.20 Å².